The maximum absolute atomic E-state index is 12.4. The monoisotopic (exact) mass is 364 g/mol. The van der Waals surface area contributed by atoms with Gasteiger partial charge < -0.3 is 14.8 Å². The Morgan fingerprint density at radius 1 is 1.04 bits per heavy atom. The lowest BCUT2D eigenvalue weighted by Crippen LogP contribution is -2.25. The van der Waals surface area contributed by atoms with Crippen LogP contribution < -0.4 is 19.1 Å². The minimum absolute atomic E-state index is 0.336. The molecule has 0 aliphatic rings. The lowest BCUT2D eigenvalue weighted by molar-refractivity contribution is 0.102. The van der Waals surface area contributed by atoms with E-state index in [-0.39, 0.29) is 5.91 Å². The van der Waals surface area contributed by atoms with Crippen molar-refractivity contribution in [3.63, 3.8) is 0 Å². The average Bonchev–Trinajstić information content (AvgIpc) is 2.60. The van der Waals surface area contributed by atoms with Gasteiger partial charge in [0, 0.05) is 24.4 Å². The van der Waals surface area contributed by atoms with Crippen LogP contribution >= 0.6 is 0 Å². The second kappa shape index (κ2) is 7.43. The van der Waals surface area contributed by atoms with E-state index in [2.05, 4.69) is 5.32 Å². The molecular weight excluding hydrogens is 344 g/mol. The minimum atomic E-state index is -3.40. The van der Waals surface area contributed by atoms with Crippen molar-refractivity contribution in [2.45, 2.75) is 0 Å². The molecule has 8 heteroatoms. The van der Waals surface area contributed by atoms with Gasteiger partial charge in [-0.1, -0.05) is 6.07 Å². The highest BCUT2D eigenvalue weighted by Gasteiger charge is 2.15. The fraction of sp³-hybridized carbons (Fsp3) is 0.235. The van der Waals surface area contributed by atoms with Crippen LogP contribution in [0.1, 0.15) is 10.4 Å². The summed E-state index contributed by atoms with van der Waals surface area (Å²) in [7, 11) is 1.06. The molecule has 0 heterocycles. The Bertz CT molecular complexity index is 880. The van der Waals surface area contributed by atoms with Gasteiger partial charge >= 0.3 is 0 Å². The zero-order valence-corrected chi connectivity index (χ0v) is 15.3. The number of sulfonamides is 1. The van der Waals surface area contributed by atoms with E-state index in [1.54, 1.807) is 36.4 Å². The lowest BCUT2D eigenvalue weighted by atomic mass is 10.2. The standard InChI is InChI=1S/C17H20N2O5S/c1-19(25(4,21)22)14-7-5-6-12(10-14)17(20)18-13-8-9-15(23-2)16(11-13)24-3/h5-11H,1-4H3,(H,18,20). The van der Waals surface area contributed by atoms with Crippen LogP contribution in [0.3, 0.4) is 0 Å². The number of nitrogens with zero attached hydrogens (tertiary/aromatic N) is 1. The van der Waals surface area contributed by atoms with Gasteiger partial charge in [-0.25, -0.2) is 8.42 Å². The molecule has 2 aromatic carbocycles. The lowest BCUT2D eigenvalue weighted by Gasteiger charge is -2.17. The van der Waals surface area contributed by atoms with Crippen LogP contribution in [0, 0.1) is 0 Å². The van der Waals surface area contributed by atoms with Gasteiger partial charge in [-0.15, -0.1) is 0 Å². The van der Waals surface area contributed by atoms with Crippen LogP contribution in [0.5, 0.6) is 11.5 Å². The molecule has 1 amide bonds. The third kappa shape index (κ3) is 4.42. The van der Waals surface area contributed by atoms with Crippen LogP contribution in [0.15, 0.2) is 42.5 Å². The summed E-state index contributed by atoms with van der Waals surface area (Å²) in [6, 6.07) is 11.4. The molecule has 0 aliphatic carbocycles. The van der Waals surface area contributed by atoms with Gasteiger partial charge in [-0.05, 0) is 30.3 Å². The third-order valence-electron chi connectivity index (χ3n) is 3.61. The van der Waals surface area contributed by atoms with E-state index in [1.165, 1.54) is 27.3 Å². The Labute approximate surface area is 147 Å². The zero-order chi connectivity index (χ0) is 18.6. The van der Waals surface area contributed by atoms with E-state index in [0.29, 0.717) is 28.4 Å². The highest BCUT2D eigenvalue weighted by atomic mass is 32.2. The van der Waals surface area contributed by atoms with Crippen molar-refractivity contribution in [1.29, 1.82) is 0 Å². The fourth-order valence-corrected chi connectivity index (χ4v) is 2.65. The Kier molecular flexibility index (Phi) is 5.53. The molecule has 0 aliphatic heterocycles. The quantitative estimate of drug-likeness (QED) is 0.850. The number of amides is 1. The number of ether oxygens (including phenoxy) is 2. The van der Waals surface area contributed by atoms with Crippen molar-refractivity contribution < 1.29 is 22.7 Å². The molecule has 0 radical (unpaired) electrons. The molecular formula is C17H20N2O5S. The Balaban J connectivity index is 2.24. The first-order chi connectivity index (χ1) is 11.8. The van der Waals surface area contributed by atoms with Crippen LogP contribution in [0.4, 0.5) is 11.4 Å². The molecule has 0 spiro atoms. The number of anilines is 2. The highest BCUT2D eigenvalue weighted by Crippen LogP contribution is 2.30. The van der Waals surface area contributed by atoms with Crippen LogP contribution in [-0.4, -0.2) is 41.8 Å². The van der Waals surface area contributed by atoms with E-state index in [4.69, 9.17) is 9.47 Å². The summed E-state index contributed by atoms with van der Waals surface area (Å²) in [5.41, 5.74) is 1.27. The predicted molar refractivity (Wildman–Crippen MR) is 97.2 cm³/mol. The van der Waals surface area contributed by atoms with Crippen molar-refractivity contribution >= 4 is 27.3 Å². The number of nitrogens with one attached hydrogen (secondary N) is 1. The van der Waals surface area contributed by atoms with Gasteiger partial charge in [-0.2, -0.15) is 0 Å². The van der Waals surface area contributed by atoms with E-state index in [9.17, 15) is 13.2 Å². The van der Waals surface area contributed by atoms with Crippen LogP contribution in [0.2, 0.25) is 0 Å². The largest absolute Gasteiger partial charge is 0.493 e. The first-order valence-electron chi connectivity index (χ1n) is 7.33. The Morgan fingerprint density at radius 2 is 1.72 bits per heavy atom. The third-order valence-corrected chi connectivity index (χ3v) is 4.82. The molecule has 0 atom stereocenters. The van der Waals surface area contributed by atoms with Crippen molar-refractivity contribution in [2.24, 2.45) is 0 Å². The summed E-state index contributed by atoms with van der Waals surface area (Å²) < 4.78 is 34.7. The van der Waals surface area contributed by atoms with Crippen LogP contribution in [0.25, 0.3) is 0 Å². The fourth-order valence-electron chi connectivity index (χ4n) is 2.15. The maximum Gasteiger partial charge on any atom is 0.255 e. The van der Waals surface area contributed by atoms with Gasteiger partial charge in [0.25, 0.3) is 5.91 Å². The van der Waals surface area contributed by atoms with Gasteiger partial charge in [-0.3, -0.25) is 9.10 Å². The van der Waals surface area contributed by atoms with Gasteiger partial charge in [0.1, 0.15) is 0 Å². The second-order valence-electron chi connectivity index (χ2n) is 5.30. The summed E-state index contributed by atoms with van der Waals surface area (Å²) in [5, 5.41) is 2.75. The molecule has 25 heavy (non-hydrogen) atoms. The number of methoxy groups -OCH3 is 2. The molecule has 7 nitrogen and oxygen atoms in total. The number of carbonyl (C=O) groups excluding carboxylic acids is 1. The number of carbonyl (C=O) groups is 1. The molecule has 0 unspecified atom stereocenters. The predicted octanol–water partition coefficient (Wildman–Crippen LogP) is 2.35. The Morgan fingerprint density at radius 3 is 2.32 bits per heavy atom. The molecule has 0 saturated heterocycles. The summed E-state index contributed by atoms with van der Waals surface area (Å²) in [5.74, 6) is 0.680. The second-order valence-corrected chi connectivity index (χ2v) is 7.32. The molecule has 2 aromatic rings. The summed E-state index contributed by atoms with van der Waals surface area (Å²) in [4.78, 5) is 12.4. The maximum atomic E-state index is 12.4. The smallest absolute Gasteiger partial charge is 0.255 e. The SMILES string of the molecule is COc1ccc(NC(=O)c2cccc(N(C)S(C)(=O)=O)c2)cc1OC. The molecule has 0 aromatic heterocycles. The number of benzene rings is 2. The van der Waals surface area contributed by atoms with Gasteiger partial charge in [0.15, 0.2) is 11.5 Å². The number of hydrogen-bond acceptors (Lipinski definition) is 5. The van der Waals surface area contributed by atoms with Crippen molar-refractivity contribution in [3.05, 3.63) is 48.0 Å². The van der Waals surface area contributed by atoms with Crippen molar-refractivity contribution in [1.82, 2.24) is 0 Å². The van der Waals surface area contributed by atoms with Gasteiger partial charge in [0.05, 0.1) is 26.2 Å². The van der Waals surface area contributed by atoms with Crippen molar-refractivity contribution in [3.8, 4) is 11.5 Å². The average molecular weight is 364 g/mol. The molecule has 0 bridgehead atoms. The number of hydrogen-bond donors (Lipinski definition) is 1. The van der Waals surface area contributed by atoms with Gasteiger partial charge in [0.2, 0.25) is 10.0 Å². The number of rotatable bonds is 6. The summed E-state index contributed by atoms with van der Waals surface area (Å²) in [6.07, 6.45) is 1.10. The highest BCUT2D eigenvalue weighted by molar-refractivity contribution is 7.92. The first kappa shape index (κ1) is 18.6. The van der Waals surface area contributed by atoms with E-state index < -0.39 is 10.0 Å². The van der Waals surface area contributed by atoms with Crippen LogP contribution in [-0.2, 0) is 10.0 Å². The summed E-state index contributed by atoms with van der Waals surface area (Å²) >= 11 is 0. The normalized spacial score (nSPS) is 10.9. The van der Waals surface area contributed by atoms with Crippen molar-refractivity contribution in [2.75, 3.05) is 37.1 Å². The van der Waals surface area contributed by atoms with E-state index >= 15 is 0 Å². The van der Waals surface area contributed by atoms with E-state index in [0.717, 1.165) is 10.6 Å². The summed E-state index contributed by atoms with van der Waals surface area (Å²) in [6.45, 7) is 0. The molecule has 0 saturated carbocycles. The minimum Gasteiger partial charge on any atom is -0.493 e. The molecule has 2 rings (SSSR count). The molecule has 134 valence electrons. The topological polar surface area (TPSA) is 84.9 Å². The first-order valence-corrected chi connectivity index (χ1v) is 9.18. The molecule has 0 fully saturated rings. The van der Waals surface area contributed by atoms with E-state index in [1.807, 2.05) is 0 Å². The molecule has 1 N–H and O–H groups in total. The zero-order valence-electron chi connectivity index (χ0n) is 14.4. The Hall–Kier alpha value is -2.74.